The molecule has 1 saturated heterocycles. The van der Waals surface area contributed by atoms with Gasteiger partial charge in [0.1, 0.15) is 5.82 Å². The number of pyridine rings is 1. The van der Waals surface area contributed by atoms with E-state index in [1.54, 1.807) is 7.11 Å². The average Bonchev–Trinajstić information content (AvgIpc) is 3.45. The second-order valence-electron chi connectivity index (χ2n) is 13.3. The van der Waals surface area contributed by atoms with Gasteiger partial charge < -0.3 is 24.0 Å². The fourth-order valence-electron chi connectivity index (χ4n) is 6.60. The van der Waals surface area contributed by atoms with E-state index in [2.05, 4.69) is 45.6 Å². The predicted molar refractivity (Wildman–Crippen MR) is 178 cm³/mol. The van der Waals surface area contributed by atoms with E-state index in [1.165, 1.54) is 0 Å². The van der Waals surface area contributed by atoms with Crippen LogP contribution < -0.4 is 14.4 Å². The summed E-state index contributed by atoms with van der Waals surface area (Å²) in [5, 5.41) is 5.52. The van der Waals surface area contributed by atoms with Crippen LogP contribution in [0.15, 0.2) is 24.4 Å². The SMILES string of the molecule is CCOc1cccc(Cn2ncc3c(N4CCN(C(=O)[C@H]5CC[C@H](CN(CCOC)C(C)(C)C)CC5)CC4)nc(OCC)nc32)n1. The van der Waals surface area contributed by atoms with Gasteiger partial charge in [-0.05, 0) is 72.3 Å². The summed E-state index contributed by atoms with van der Waals surface area (Å²) in [4.78, 5) is 34.5. The molecular weight excluding hydrogens is 584 g/mol. The van der Waals surface area contributed by atoms with Gasteiger partial charge in [0.25, 0.3) is 0 Å². The van der Waals surface area contributed by atoms with Crippen LogP contribution in [-0.4, -0.2) is 112 Å². The summed E-state index contributed by atoms with van der Waals surface area (Å²) in [6, 6.07) is 6.06. The van der Waals surface area contributed by atoms with Crippen LogP contribution in [0.3, 0.4) is 0 Å². The maximum atomic E-state index is 13.6. The molecule has 1 aliphatic carbocycles. The molecule has 0 aromatic carbocycles. The number of hydrogen-bond donors (Lipinski definition) is 0. The van der Waals surface area contributed by atoms with Crippen LogP contribution in [0.5, 0.6) is 11.9 Å². The molecule has 12 nitrogen and oxygen atoms in total. The number of piperazine rings is 1. The Morgan fingerprint density at radius 2 is 1.72 bits per heavy atom. The van der Waals surface area contributed by atoms with Crippen molar-refractivity contribution in [3.63, 3.8) is 0 Å². The van der Waals surface area contributed by atoms with Crippen LogP contribution in [0.4, 0.5) is 5.82 Å². The topological polar surface area (TPSA) is 111 Å². The van der Waals surface area contributed by atoms with E-state index in [9.17, 15) is 4.79 Å². The Balaban J connectivity index is 1.21. The van der Waals surface area contributed by atoms with Crippen molar-refractivity contribution in [2.75, 3.05) is 71.1 Å². The normalized spacial score (nSPS) is 19.2. The molecule has 0 N–H and O–H groups in total. The fourth-order valence-corrected chi connectivity index (χ4v) is 6.60. The van der Waals surface area contributed by atoms with E-state index in [0.717, 1.165) is 62.3 Å². The van der Waals surface area contributed by atoms with Crippen LogP contribution in [0, 0.1) is 11.8 Å². The zero-order valence-corrected chi connectivity index (χ0v) is 28.6. The van der Waals surface area contributed by atoms with Crippen LogP contribution in [0.2, 0.25) is 0 Å². The highest BCUT2D eigenvalue weighted by Crippen LogP contribution is 2.33. The number of methoxy groups -OCH3 is 1. The molecule has 2 aliphatic rings. The van der Waals surface area contributed by atoms with Crippen molar-refractivity contribution >= 4 is 22.8 Å². The number of nitrogens with zero attached hydrogens (tertiary/aromatic N) is 8. The number of aromatic nitrogens is 5. The number of carbonyl (C=O) groups excluding carboxylic acids is 1. The zero-order chi connectivity index (χ0) is 32.7. The van der Waals surface area contributed by atoms with Gasteiger partial charge in [-0.25, -0.2) is 9.67 Å². The molecule has 5 rings (SSSR count). The molecule has 3 aromatic rings. The van der Waals surface area contributed by atoms with Gasteiger partial charge in [0, 0.05) is 63.9 Å². The van der Waals surface area contributed by atoms with Gasteiger partial charge in [-0.15, -0.1) is 0 Å². The Labute approximate surface area is 273 Å². The smallest absolute Gasteiger partial charge is 0.320 e. The highest BCUT2D eigenvalue weighted by atomic mass is 16.5. The molecule has 0 unspecified atom stereocenters. The lowest BCUT2D eigenvalue weighted by Gasteiger charge is -2.41. The zero-order valence-electron chi connectivity index (χ0n) is 28.6. The highest BCUT2D eigenvalue weighted by molar-refractivity contribution is 5.87. The van der Waals surface area contributed by atoms with Gasteiger partial charge in [0.2, 0.25) is 11.8 Å². The van der Waals surface area contributed by atoms with Gasteiger partial charge in [0.15, 0.2) is 5.65 Å². The second-order valence-corrected chi connectivity index (χ2v) is 13.3. The van der Waals surface area contributed by atoms with Crippen molar-refractivity contribution in [3.05, 3.63) is 30.1 Å². The van der Waals surface area contributed by atoms with Crippen molar-refractivity contribution in [2.24, 2.45) is 11.8 Å². The molecule has 2 fully saturated rings. The molecule has 0 radical (unpaired) electrons. The lowest BCUT2D eigenvalue weighted by Crippen LogP contribution is -2.51. The quantitative estimate of drug-likeness (QED) is 0.270. The third-order valence-corrected chi connectivity index (χ3v) is 9.19. The minimum absolute atomic E-state index is 0.106. The Bertz CT molecular complexity index is 1420. The van der Waals surface area contributed by atoms with E-state index in [-0.39, 0.29) is 11.5 Å². The van der Waals surface area contributed by atoms with Gasteiger partial charge in [0.05, 0.1) is 43.6 Å². The van der Waals surface area contributed by atoms with Gasteiger partial charge in [-0.1, -0.05) is 6.07 Å². The van der Waals surface area contributed by atoms with Crippen molar-refractivity contribution in [1.29, 1.82) is 0 Å². The third-order valence-electron chi connectivity index (χ3n) is 9.19. The second kappa shape index (κ2) is 15.4. The maximum absolute atomic E-state index is 13.6. The van der Waals surface area contributed by atoms with Crippen LogP contribution in [0.1, 0.15) is 66.0 Å². The number of carbonyl (C=O) groups is 1. The minimum atomic E-state index is 0.106. The minimum Gasteiger partial charge on any atom is -0.478 e. The lowest BCUT2D eigenvalue weighted by molar-refractivity contribution is -0.137. The number of hydrogen-bond acceptors (Lipinski definition) is 10. The Morgan fingerprint density at radius 1 is 0.978 bits per heavy atom. The molecule has 1 saturated carbocycles. The third kappa shape index (κ3) is 8.25. The van der Waals surface area contributed by atoms with E-state index in [1.807, 2.05) is 42.9 Å². The molecule has 46 heavy (non-hydrogen) atoms. The van der Waals surface area contributed by atoms with Crippen LogP contribution in [0.25, 0.3) is 11.0 Å². The van der Waals surface area contributed by atoms with E-state index >= 15 is 0 Å². The number of anilines is 1. The summed E-state index contributed by atoms with van der Waals surface area (Å²) >= 11 is 0. The van der Waals surface area contributed by atoms with Crippen molar-refractivity contribution in [2.45, 2.75) is 72.4 Å². The molecule has 252 valence electrons. The molecule has 3 aromatic heterocycles. The molecule has 0 spiro atoms. The first kappa shape index (κ1) is 33.8. The standard InChI is InChI=1S/C34H52N8O4/c1-7-45-29-11-9-10-27(36-29)24-42-31-28(22-35-42)30(37-33(38-31)46-8-2)39-16-18-40(19-17-39)32(43)26-14-12-25(13-15-26)23-41(20-21-44-6)34(3,4)5/h9-11,22,25-26H,7-8,12-21,23-24H2,1-6H3/t25-,26-. The van der Waals surface area contributed by atoms with E-state index in [0.29, 0.717) is 75.3 Å². The molecule has 1 aliphatic heterocycles. The number of rotatable bonds is 13. The molecule has 4 heterocycles. The lowest BCUT2D eigenvalue weighted by atomic mass is 9.80. The largest absolute Gasteiger partial charge is 0.478 e. The first-order valence-corrected chi connectivity index (χ1v) is 16.9. The monoisotopic (exact) mass is 636 g/mol. The molecular formula is C34H52N8O4. The first-order chi connectivity index (χ1) is 22.2. The molecule has 12 heteroatoms. The highest BCUT2D eigenvalue weighted by Gasteiger charge is 2.33. The predicted octanol–water partition coefficient (Wildman–Crippen LogP) is 4.27. The van der Waals surface area contributed by atoms with Crippen LogP contribution >= 0.6 is 0 Å². The summed E-state index contributed by atoms with van der Waals surface area (Å²) in [6.07, 6.45) is 5.96. The fraction of sp³-hybridized carbons (Fsp3) is 0.676. The van der Waals surface area contributed by atoms with Gasteiger partial charge in [-0.2, -0.15) is 15.1 Å². The number of fused-ring (bicyclic) bond motifs is 1. The summed E-state index contributed by atoms with van der Waals surface area (Å²) in [7, 11) is 1.77. The average molecular weight is 637 g/mol. The maximum Gasteiger partial charge on any atom is 0.320 e. The molecule has 1 amide bonds. The summed E-state index contributed by atoms with van der Waals surface area (Å²) in [6.45, 7) is 17.6. The molecule has 0 bridgehead atoms. The Kier molecular flexibility index (Phi) is 11.3. The van der Waals surface area contributed by atoms with Crippen molar-refractivity contribution in [1.82, 2.24) is 34.5 Å². The van der Waals surface area contributed by atoms with Crippen molar-refractivity contribution < 1.29 is 19.0 Å². The van der Waals surface area contributed by atoms with E-state index in [4.69, 9.17) is 24.2 Å². The first-order valence-electron chi connectivity index (χ1n) is 16.9. The Hall–Kier alpha value is -3.51. The van der Waals surface area contributed by atoms with Crippen molar-refractivity contribution in [3.8, 4) is 11.9 Å². The number of amides is 1. The van der Waals surface area contributed by atoms with Gasteiger partial charge in [-0.3, -0.25) is 9.69 Å². The number of ether oxygens (including phenoxy) is 3. The summed E-state index contributed by atoms with van der Waals surface area (Å²) in [5.41, 5.74) is 1.63. The van der Waals surface area contributed by atoms with E-state index < -0.39 is 0 Å². The van der Waals surface area contributed by atoms with Crippen LogP contribution in [-0.2, 0) is 16.1 Å². The molecule has 0 atom stereocenters. The Morgan fingerprint density at radius 3 is 2.39 bits per heavy atom. The van der Waals surface area contributed by atoms with Gasteiger partial charge >= 0.3 is 6.01 Å². The summed E-state index contributed by atoms with van der Waals surface area (Å²) < 4.78 is 18.6. The summed E-state index contributed by atoms with van der Waals surface area (Å²) in [5.74, 6) is 2.44.